The van der Waals surface area contributed by atoms with E-state index in [0.29, 0.717) is 6.04 Å². The highest BCUT2D eigenvalue weighted by Crippen LogP contribution is 2.18. The van der Waals surface area contributed by atoms with Gasteiger partial charge in [-0.05, 0) is 12.6 Å². The van der Waals surface area contributed by atoms with E-state index in [-0.39, 0.29) is 6.10 Å². The summed E-state index contributed by atoms with van der Waals surface area (Å²) in [5.74, 6) is 0. The zero-order chi connectivity index (χ0) is 15.4. The summed E-state index contributed by atoms with van der Waals surface area (Å²) in [5, 5.41) is 10.4. The first-order valence-electron chi connectivity index (χ1n) is 8.27. The summed E-state index contributed by atoms with van der Waals surface area (Å²) in [6, 6.07) is 10.7. The monoisotopic (exact) mass is 301 g/mol. The third-order valence-corrected chi connectivity index (χ3v) is 4.82. The highest BCUT2D eigenvalue weighted by atomic mass is 16.3. The van der Waals surface area contributed by atoms with Crippen LogP contribution in [0.1, 0.15) is 5.56 Å². The van der Waals surface area contributed by atoms with Crippen molar-refractivity contribution in [2.75, 3.05) is 52.9 Å². The summed E-state index contributed by atoms with van der Waals surface area (Å²) < 4.78 is 0. The van der Waals surface area contributed by atoms with Crippen LogP contribution >= 0.6 is 0 Å². The first-order valence-corrected chi connectivity index (χ1v) is 8.27. The molecule has 22 heavy (non-hydrogen) atoms. The fourth-order valence-electron chi connectivity index (χ4n) is 3.41. The summed E-state index contributed by atoms with van der Waals surface area (Å²) in [7, 11) is 2.17. The number of nitrogens with zero attached hydrogens (tertiary/aromatic N) is 3. The largest absolute Gasteiger partial charge is 0.390 e. The lowest BCUT2D eigenvalue weighted by Crippen LogP contribution is -2.52. The minimum absolute atomic E-state index is 0.214. The Morgan fingerprint density at radius 1 is 1.09 bits per heavy atom. The summed E-state index contributed by atoms with van der Waals surface area (Å²) in [6.07, 6.45) is 4.15. The predicted octanol–water partition coefficient (Wildman–Crippen LogP) is 0.992. The fraction of sp³-hybridized carbons (Fsp3) is 0.556. The summed E-state index contributed by atoms with van der Waals surface area (Å²) >= 11 is 0. The smallest absolute Gasteiger partial charge is 0.0834 e. The molecule has 1 N–H and O–H groups in total. The van der Waals surface area contributed by atoms with Crippen molar-refractivity contribution in [1.29, 1.82) is 0 Å². The van der Waals surface area contributed by atoms with Crippen LogP contribution in [0.15, 0.2) is 36.4 Å². The second-order valence-electron chi connectivity index (χ2n) is 6.51. The lowest BCUT2D eigenvalue weighted by atomic mass is 10.1. The van der Waals surface area contributed by atoms with E-state index in [9.17, 15) is 5.11 Å². The van der Waals surface area contributed by atoms with Crippen molar-refractivity contribution in [3.63, 3.8) is 0 Å². The second-order valence-corrected chi connectivity index (χ2v) is 6.51. The molecule has 120 valence electrons. The highest BCUT2D eigenvalue weighted by molar-refractivity contribution is 5.48. The molecule has 3 rings (SSSR count). The van der Waals surface area contributed by atoms with E-state index < -0.39 is 0 Å². The van der Waals surface area contributed by atoms with E-state index in [1.807, 2.05) is 6.07 Å². The molecule has 2 fully saturated rings. The Labute approximate surface area is 133 Å². The predicted molar refractivity (Wildman–Crippen MR) is 90.8 cm³/mol. The molecular weight excluding hydrogens is 274 g/mol. The number of hydrogen-bond donors (Lipinski definition) is 1. The molecule has 1 aromatic carbocycles. The highest BCUT2D eigenvalue weighted by Gasteiger charge is 2.35. The van der Waals surface area contributed by atoms with E-state index in [4.69, 9.17) is 0 Å². The van der Waals surface area contributed by atoms with Crippen LogP contribution in [-0.4, -0.2) is 84.8 Å². The minimum Gasteiger partial charge on any atom is -0.390 e. The number of β-amino-alcohol motifs (C(OH)–C–C–N with tert-alkyl or cyclic N) is 1. The van der Waals surface area contributed by atoms with E-state index in [1.54, 1.807) is 0 Å². The molecule has 2 aliphatic rings. The van der Waals surface area contributed by atoms with Crippen LogP contribution in [0.4, 0.5) is 0 Å². The maximum absolute atomic E-state index is 10.4. The number of piperazine rings is 1. The van der Waals surface area contributed by atoms with Crippen molar-refractivity contribution in [3.05, 3.63) is 42.0 Å². The van der Waals surface area contributed by atoms with E-state index in [1.165, 1.54) is 5.56 Å². The number of benzene rings is 1. The molecule has 2 atom stereocenters. The van der Waals surface area contributed by atoms with E-state index in [2.05, 4.69) is 58.2 Å². The van der Waals surface area contributed by atoms with Gasteiger partial charge in [0.1, 0.15) is 0 Å². The minimum atomic E-state index is -0.214. The molecule has 2 saturated heterocycles. The first-order chi connectivity index (χ1) is 10.7. The van der Waals surface area contributed by atoms with E-state index in [0.717, 1.165) is 45.8 Å². The SMILES string of the molecule is CN1CCN([C@H]2CN(CC=Cc3ccccc3)C[C@@H]2O)CC1. The fourth-order valence-corrected chi connectivity index (χ4v) is 3.41. The van der Waals surface area contributed by atoms with Gasteiger partial charge in [0.15, 0.2) is 0 Å². The van der Waals surface area contributed by atoms with Crippen LogP contribution in [0.2, 0.25) is 0 Å². The summed E-state index contributed by atoms with van der Waals surface area (Å²) in [5.41, 5.74) is 1.23. The molecule has 2 heterocycles. The normalized spacial score (nSPS) is 28.6. The number of hydrogen-bond acceptors (Lipinski definition) is 4. The van der Waals surface area contributed by atoms with Crippen LogP contribution in [0.25, 0.3) is 6.08 Å². The molecule has 1 aromatic rings. The molecule has 0 spiro atoms. The molecule has 4 heteroatoms. The van der Waals surface area contributed by atoms with Crippen molar-refractivity contribution in [1.82, 2.24) is 14.7 Å². The number of aliphatic hydroxyl groups is 1. The number of aliphatic hydroxyl groups excluding tert-OH is 1. The summed E-state index contributed by atoms with van der Waals surface area (Å²) in [6.45, 7) is 7.04. The van der Waals surface area contributed by atoms with Crippen LogP contribution in [0.3, 0.4) is 0 Å². The Kier molecular flexibility index (Phi) is 5.26. The molecule has 0 aliphatic carbocycles. The Bertz CT molecular complexity index is 482. The standard InChI is InChI=1S/C18H27N3O/c1-19-10-12-21(13-11-19)17-14-20(15-18(17)22)9-5-8-16-6-3-2-4-7-16/h2-8,17-18,22H,9-15H2,1H3/t17-,18-/m0/s1. The zero-order valence-electron chi connectivity index (χ0n) is 13.4. The van der Waals surface area contributed by atoms with Crippen LogP contribution in [-0.2, 0) is 0 Å². The third kappa shape index (κ3) is 3.96. The van der Waals surface area contributed by atoms with Gasteiger partial charge in [-0.3, -0.25) is 9.80 Å². The van der Waals surface area contributed by atoms with Gasteiger partial charge in [-0.25, -0.2) is 0 Å². The maximum Gasteiger partial charge on any atom is 0.0834 e. The molecule has 0 aromatic heterocycles. The Hall–Kier alpha value is -1.20. The topological polar surface area (TPSA) is 30.0 Å². The lowest BCUT2D eigenvalue weighted by molar-refractivity contribution is 0.0512. The molecule has 0 saturated carbocycles. The molecule has 4 nitrogen and oxygen atoms in total. The van der Waals surface area contributed by atoms with E-state index >= 15 is 0 Å². The van der Waals surface area contributed by atoms with Crippen LogP contribution in [0.5, 0.6) is 0 Å². The summed E-state index contributed by atoms with van der Waals surface area (Å²) in [4.78, 5) is 7.18. The van der Waals surface area contributed by atoms with Gasteiger partial charge < -0.3 is 10.0 Å². The van der Waals surface area contributed by atoms with Crippen molar-refractivity contribution in [3.8, 4) is 0 Å². The quantitative estimate of drug-likeness (QED) is 0.898. The van der Waals surface area contributed by atoms with Crippen molar-refractivity contribution >= 4 is 6.08 Å². The van der Waals surface area contributed by atoms with Crippen LogP contribution < -0.4 is 0 Å². The van der Waals surface area contributed by atoms with Crippen LogP contribution in [0, 0.1) is 0 Å². The number of rotatable bonds is 4. The average Bonchev–Trinajstić information content (AvgIpc) is 2.90. The van der Waals surface area contributed by atoms with Gasteiger partial charge in [0.05, 0.1) is 6.10 Å². The van der Waals surface area contributed by atoms with Gasteiger partial charge in [0.25, 0.3) is 0 Å². The molecule has 0 bridgehead atoms. The average molecular weight is 301 g/mol. The van der Waals surface area contributed by atoms with Gasteiger partial charge in [0.2, 0.25) is 0 Å². The Morgan fingerprint density at radius 3 is 2.55 bits per heavy atom. The Balaban J connectivity index is 1.49. The number of likely N-dealkylation sites (N-methyl/N-ethyl adjacent to an activating group) is 1. The molecule has 0 amide bonds. The van der Waals surface area contributed by atoms with Crippen molar-refractivity contribution in [2.45, 2.75) is 12.1 Å². The first kappa shape index (κ1) is 15.7. The molecule has 2 aliphatic heterocycles. The van der Waals surface area contributed by atoms with Gasteiger partial charge in [0, 0.05) is 51.9 Å². The van der Waals surface area contributed by atoms with Crippen molar-refractivity contribution in [2.24, 2.45) is 0 Å². The zero-order valence-corrected chi connectivity index (χ0v) is 13.4. The maximum atomic E-state index is 10.4. The lowest BCUT2D eigenvalue weighted by Gasteiger charge is -2.37. The second kappa shape index (κ2) is 7.38. The third-order valence-electron chi connectivity index (χ3n) is 4.82. The van der Waals surface area contributed by atoms with Gasteiger partial charge in [-0.2, -0.15) is 0 Å². The molecule has 0 radical (unpaired) electrons. The number of likely N-dealkylation sites (tertiary alicyclic amines) is 1. The molecule has 0 unspecified atom stereocenters. The Morgan fingerprint density at radius 2 is 1.82 bits per heavy atom. The van der Waals surface area contributed by atoms with Crippen molar-refractivity contribution < 1.29 is 5.11 Å². The van der Waals surface area contributed by atoms with Gasteiger partial charge in [-0.15, -0.1) is 0 Å². The molecular formula is C18H27N3O. The van der Waals surface area contributed by atoms with Gasteiger partial charge in [-0.1, -0.05) is 42.5 Å². The van der Waals surface area contributed by atoms with Gasteiger partial charge >= 0.3 is 0 Å².